The Balaban J connectivity index is 2.58. The predicted molar refractivity (Wildman–Crippen MR) is 69.0 cm³/mol. The summed E-state index contributed by atoms with van der Waals surface area (Å²) in [6.45, 7) is 1.57. The van der Waals surface area contributed by atoms with Gasteiger partial charge in [0.2, 0.25) is 5.91 Å². The third-order valence-corrected chi connectivity index (χ3v) is 2.85. The zero-order valence-electron chi connectivity index (χ0n) is 9.69. The number of urea groups is 1. The first kappa shape index (κ1) is 13.4. The summed E-state index contributed by atoms with van der Waals surface area (Å²) in [5.74, 6) is -0.305. The lowest BCUT2D eigenvalue weighted by Gasteiger charge is -2.12. The van der Waals surface area contributed by atoms with Crippen LogP contribution in [0.5, 0.6) is 0 Å². The third kappa shape index (κ3) is 4.36. The van der Waals surface area contributed by atoms with Gasteiger partial charge in [-0.1, -0.05) is 0 Å². The van der Waals surface area contributed by atoms with Gasteiger partial charge in [0.1, 0.15) is 6.04 Å². The minimum absolute atomic E-state index is 0.305. The molecule has 0 aliphatic carbocycles. The average molecular weight is 253 g/mol. The largest absolute Gasteiger partial charge is 0.352 e. The maximum atomic E-state index is 11.6. The number of nitrogens with two attached hydrogens (primary N) is 1. The fourth-order valence-electron chi connectivity index (χ4n) is 1.20. The first-order valence-corrected chi connectivity index (χ1v) is 6.26. The fourth-order valence-corrected chi connectivity index (χ4v) is 1.61. The molecule has 1 atom stereocenters. The van der Waals surface area contributed by atoms with Crippen molar-refractivity contribution in [3.63, 3.8) is 0 Å². The topological polar surface area (TPSA) is 84.2 Å². The Hall–Kier alpha value is -1.69. The van der Waals surface area contributed by atoms with E-state index < -0.39 is 12.1 Å². The van der Waals surface area contributed by atoms with E-state index in [-0.39, 0.29) is 5.91 Å². The van der Waals surface area contributed by atoms with Crippen molar-refractivity contribution in [1.82, 2.24) is 5.32 Å². The number of amides is 3. The second kappa shape index (κ2) is 6.15. The van der Waals surface area contributed by atoms with Crippen molar-refractivity contribution in [1.29, 1.82) is 0 Å². The molecular weight excluding hydrogens is 238 g/mol. The summed E-state index contributed by atoms with van der Waals surface area (Å²) >= 11 is 1.62. The van der Waals surface area contributed by atoms with E-state index in [4.69, 9.17) is 5.73 Å². The second-order valence-electron chi connectivity index (χ2n) is 3.45. The van der Waals surface area contributed by atoms with Gasteiger partial charge in [-0.2, -0.15) is 0 Å². The van der Waals surface area contributed by atoms with Gasteiger partial charge in [0.25, 0.3) is 0 Å². The molecule has 0 saturated carbocycles. The monoisotopic (exact) mass is 253 g/mol. The van der Waals surface area contributed by atoms with Gasteiger partial charge in [-0.3, -0.25) is 4.79 Å². The number of carbonyl (C=O) groups is 2. The van der Waals surface area contributed by atoms with Crippen molar-refractivity contribution in [3.8, 4) is 0 Å². The standard InChI is InChI=1S/C11H15N3O2S/c1-7(13-11(12)16)10(15)14-8-3-5-9(17-2)6-4-8/h3-7H,1-2H3,(H,14,15)(H3,12,13,16)/t7-/m1/s1. The van der Waals surface area contributed by atoms with E-state index in [0.29, 0.717) is 5.69 Å². The summed E-state index contributed by atoms with van der Waals surface area (Å²) in [6, 6.07) is 6.05. The molecular formula is C11H15N3O2S. The highest BCUT2D eigenvalue weighted by Crippen LogP contribution is 2.17. The van der Waals surface area contributed by atoms with Crippen molar-refractivity contribution in [3.05, 3.63) is 24.3 Å². The molecule has 0 aliphatic heterocycles. The van der Waals surface area contributed by atoms with Crippen LogP contribution in [-0.2, 0) is 4.79 Å². The van der Waals surface area contributed by atoms with Crippen LogP contribution >= 0.6 is 11.8 Å². The molecule has 0 bridgehead atoms. The van der Waals surface area contributed by atoms with E-state index in [0.717, 1.165) is 4.90 Å². The molecule has 1 aromatic rings. The van der Waals surface area contributed by atoms with Crippen LogP contribution in [0.4, 0.5) is 10.5 Å². The molecule has 0 radical (unpaired) electrons. The first-order valence-electron chi connectivity index (χ1n) is 5.04. The van der Waals surface area contributed by atoms with E-state index in [1.807, 2.05) is 18.4 Å². The van der Waals surface area contributed by atoms with E-state index in [9.17, 15) is 9.59 Å². The minimum Gasteiger partial charge on any atom is -0.352 e. The van der Waals surface area contributed by atoms with E-state index in [2.05, 4.69) is 10.6 Å². The molecule has 1 aromatic carbocycles. The van der Waals surface area contributed by atoms with Crippen LogP contribution in [-0.4, -0.2) is 24.2 Å². The van der Waals surface area contributed by atoms with Gasteiger partial charge < -0.3 is 16.4 Å². The summed E-state index contributed by atoms with van der Waals surface area (Å²) in [5, 5.41) is 4.99. The molecule has 92 valence electrons. The highest BCUT2D eigenvalue weighted by molar-refractivity contribution is 7.98. The van der Waals surface area contributed by atoms with Gasteiger partial charge in [-0.05, 0) is 37.4 Å². The molecule has 6 heteroatoms. The Labute approximate surface area is 104 Å². The smallest absolute Gasteiger partial charge is 0.312 e. The van der Waals surface area contributed by atoms with E-state index >= 15 is 0 Å². The minimum atomic E-state index is -0.717. The molecule has 0 aliphatic rings. The molecule has 5 nitrogen and oxygen atoms in total. The summed E-state index contributed by atoms with van der Waals surface area (Å²) < 4.78 is 0. The zero-order chi connectivity index (χ0) is 12.8. The normalized spacial score (nSPS) is 11.6. The van der Waals surface area contributed by atoms with E-state index in [1.54, 1.807) is 30.8 Å². The van der Waals surface area contributed by atoms with Crippen molar-refractivity contribution >= 4 is 29.4 Å². The quantitative estimate of drug-likeness (QED) is 0.709. The predicted octanol–water partition coefficient (Wildman–Crippen LogP) is 1.40. The van der Waals surface area contributed by atoms with Crippen molar-refractivity contribution in [2.75, 3.05) is 11.6 Å². The summed E-state index contributed by atoms with van der Waals surface area (Å²) in [4.78, 5) is 23.3. The maximum absolute atomic E-state index is 11.6. The number of primary amides is 1. The Morgan fingerprint density at radius 1 is 1.29 bits per heavy atom. The summed E-state index contributed by atoms with van der Waals surface area (Å²) in [7, 11) is 0. The van der Waals surface area contributed by atoms with Crippen molar-refractivity contribution in [2.24, 2.45) is 5.73 Å². The third-order valence-electron chi connectivity index (χ3n) is 2.11. The van der Waals surface area contributed by atoms with Gasteiger partial charge in [0.15, 0.2) is 0 Å². The molecule has 0 unspecified atom stereocenters. The van der Waals surface area contributed by atoms with Gasteiger partial charge in [0.05, 0.1) is 0 Å². The van der Waals surface area contributed by atoms with Gasteiger partial charge in [-0.15, -0.1) is 11.8 Å². The number of hydrogen-bond acceptors (Lipinski definition) is 3. The van der Waals surface area contributed by atoms with Crippen LogP contribution in [0.2, 0.25) is 0 Å². The molecule has 3 amide bonds. The first-order chi connectivity index (χ1) is 8.02. The lowest BCUT2D eigenvalue weighted by Crippen LogP contribution is -2.44. The lowest BCUT2D eigenvalue weighted by atomic mass is 10.2. The van der Waals surface area contributed by atoms with Crippen LogP contribution in [0.15, 0.2) is 29.2 Å². The van der Waals surface area contributed by atoms with Crippen molar-refractivity contribution in [2.45, 2.75) is 17.9 Å². The molecule has 0 saturated heterocycles. The molecule has 0 fully saturated rings. The zero-order valence-corrected chi connectivity index (χ0v) is 10.5. The van der Waals surface area contributed by atoms with Crippen LogP contribution in [0.25, 0.3) is 0 Å². The number of rotatable bonds is 4. The number of hydrogen-bond donors (Lipinski definition) is 3. The molecule has 0 spiro atoms. The number of carbonyl (C=O) groups excluding carboxylic acids is 2. The van der Waals surface area contributed by atoms with Gasteiger partial charge >= 0.3 is 6.03 Å². The molecule has 17 heavy (non-hydrogen) atoms. The van der Waals surface area contributed by atoms with Crippen LogP contribution < -0.4 is 16.4 Å². The Bertz CT molecular complexity index is 406. The van der Waals surface area contributed by atoms with Crippen molar-refractivity contribution < 1.29 is 9.59 Å². The van der Waals surface area contributed by atoms with Gasteiger partial charge in [-0.25, -0.2) is 4.79 Å². The second-order valence-corrected chi connectivity index (χ2v) is 4.33. The number of thioether (sulfide) groups is 1. The van der Waals surface area contributed by atoms with Crippen LogP contribution in [0.3, 0.4) is 0 Å². The Morgan fingerprint density at radius 2 is 1.88 bits per heavy atom. The average Bonchev–Trinajstić information content (AvgIpc) is 2.29. The Morgan fingerprint density at radius 3 is 2.35 bits per heavy atom. The molecule has 1 rings (SSSR count). The molecule has 0 heterocycles. The SMILES string of the molecule is CSc1ccc(NC(=O)[C@@H](C)NC(N)=O)cc1. The lowest BCUT2D eigenvalue weighted by molar-refractivity contribution is -0.117. The highest BCUT2D eigenvalue weighted by atomic mass is 32.2. The summed E-state index contributed by atoms with van der Waals surface area (Å²) in [5.41, 5.74) is 5.62. The Kier molecular flexibility index (Phi) is 4.84. The number of anilines is 1. The number of nitrogens with one attached hydrogen (secondary N) is 2. The highest BCUT2D eigenvalue weighted by Gasteiger charge is 2.13. The van der Waals surface area contributed by atoms with Crippen LogP contribution in [0, 0.1) is 0 Å². The molecule has 4 N–H and O–H groups in total. The fraction of sp³-hybridized carbons (Fsp3) is 0.273. The van der Waals surface area contributed by atoms with Gasteiger partial charge in [0, 0.05) is 10.6 Å². The number of benzene rings is 1. The van der Waals surface area contributed by atoms with E-state index in [1.165, 1.54) is 0 Å². The summed E-state index contributed by atoms with van der Waals surface area (Å²) in [6.07, 6.45) is 1.98. The van der Waals surface area contributed by atoms with Crippen LogP contribution in [0.1, 0.15) is 6.92 Å². The molecule has 0 aromatic heterocycles. The maximum Gasteiger partial charge on any atom is 0.312 e.